The highest BCUT2D eigenvalue weighted by Gasteiger charge is 2.20. The van der Waals surface area contributed by atoms with Gasteiger partial charge in [-0.15, -0.1) is 0 Å². The van der Waals surface area contributed by atoms with Crippen molar-refractivity contribution < 1.29 is 9.53 Å². The third-order valence-electron chi connectivity index (χ3n) is 4.98. The lowest BCUT2D eigenvalue weighted by atomic mass is 9.90. The highest BCUT2D eigenvalue weighted by Crippen LogP contribution is 2.33. The van der Waals surface area contributed by atoms with E-state index in [1.54, 1.807) is 7.11 Å². The minimum absolute atomic E-state index is 0.0190. The number of hydrogen-bond acceptors (Lipinski definition) is 3. The van der Waals surface area contributed by atoms with Crippen LogP contribution in [0.1, 0.15) is 27.2 Å². The fourth-order valence-corrected chi connectivity index (χ4v) is 3.60. The topological polar surface area (TPSA) is 39.2 Å². The predicted octanol–water partition coefficient (Wildman–Crippen LogP) is 5.76. The zero-order valence-corrected chi connectivity index (χ0v) is 16.2. The minimum Gasteiger partial charge on any atom is -0.497 e. The van der Waals surface area contributed by atoms with Crippen LogP contribution < -0.4 is 4.74 Å². The summed E-state index contributed by atoms with van der Waals surface area (Å²) in [4.78, 5) is 18.3. The van der Waals surface area contributed by atoms with Gasteiger partial charge in [0.05, 0.1) is 18.2 Å². The molecule has 0 aliphatic heterocycles. The first-order valence-electron chi connectivity index (χ1n) is 9.23. The molecule has 3 aromatic carbocycles. The molecule has 3 nitrogen and oxygen atoms in total. The molecule has 0 amide bonds. The largest absolute Gasteiger partial charge is 0.497 e. The molecule has 1 aromatic heterocycles. The third-order valence-corrected chi connectivity index (χ3v) is 4.98. The Bertz CT molecular complexity index is 1160. The Kier molecular flexibility index (Phi) is 4.66. The van der Waals surface area contributed by atoms with Gasteiger partial charge in [0.1, 0.15) is 5.75 Å². The molecule has 0 fully saturated rings. The highest BCUT2D eigenvalue weighted by atomic mass is 16.5. The maximum Gasteiger partial charge on any atom is 0.195 e. The van der Waals surface area contributed by atoms with Crippen LogP contribution in [0.15, 0.2) is 72.8 Å². The van der Waals surface area contributed by atoms with Crippen molar-refractivity contribution in [2.45, 2.75) is 13.8 Å². The summed E-state index contributed by atoms with van der Waals surface area (Å²) in [7, 11) is 1.64. The number of hydrogen-bond donors (Lipinski definition) is 0. The van der Waals surface area contributed by atoms with Crippen LogP contribution >= 0.6 is 0 Å². The van der Waals surface area contributed by atoms with Crippen LogP contribution in [0.25, 0.3) is 22.0 Å². The summed E-state index contributed by atoms with van der Waals surface area (Å²) in [6, 6.07) is 23.3. The number of ketones is 1. The van der Waals surface area contributed by atoms with Crippen LogP contribution in [-0.4, -0.2) is 17.9 Å². The summed E-state index contributed by atoms with van der Waals surface area (Å²) in [6.07, 6.45) is 0. The molecule has 4 aromatic rings. The molecule has 0 atom stereocenters. The first kappa shape index (κ1) is 17.9. The van der Waals surface area contributed by atoms with Gasteiger partial charge in [0.2, 0.25) is 0 Å². The maximum absolute atomic E-state index is 13.5. The summed E-state index contributed by atoms with van der Waals surface area (Å²) in [5.74, 6) is 0.764. The number of ether oxygens (including phenoxy) is 1. The van der Waals surface area contributed by atoms with Crippen LogP contribution in [0.3, 0.4) is 0 Å². The van der Waals surface area contributed by atoms with Gasteiger partial charge in [-0.3, -0.25) is 9.78 Å². The van der Waals surface area contributed by atoms with Crippen LogP contribution in [0.2, 0.25) is 0 Å². The number of aryl methyl sites for hydroxylation is 2. The number of carbonyl (C=O) groups excluding carboxylic acids is 1. The van der Waals surface area contributed by atoms with Gasteiger partial charge in [-0.1, -0.05) is 54.6 Å². The quantitative estimate of drug-likeness (QED) is 0.431. The fraction of sp³-hybridized carbons (Fsp3) is 0.120. The van der Waals surface area contributed by atoms with E-state index >= 15 is 0 Å². The molecule has 4 rings (SSSR count). The van der Waals surface area contributed by atoms with E-state index in [4.69, 9.17) is 9.72 Å². The molecule has 0 saturated heterocycles. The molecule has 0 saturated carbocycles. The Balaban J connectivity index is 2.02. The maximum atomic E-state index is 13.5. The number of carbonyl (C=O) groups is 1. The van der Waals surface area contributed by atoms with Gasteiger partial charge in [0, 0.05) is 16.6 Å². The summed E-state index contributed by atoms with van der Waals surface area (Å²) in [5, 5.41) is 1.00. The molecule has 138 valence electrons. The molecule has 0 aliphatic rings. The number of methoxy groups -OCH3 is 1. The van der Waals surface area contributed by atoms with E-state index in [1.165, 1.54) is 0 Å². The van der Waals surface area contributed by atoms with Crippen molar-refractivity contribution in [2.24, 2.45) is 0 Å². The molecule has 0 unspecified atom stereocenters. The number of benzene rings is 3. The lowest BCUT2D eigenvalue weighted by Crippen LogP contribution is -2.06. The number of nitrogens with zero attached hydrogens (tertiary/aromatic N) is 1. The van der Waals surface area contributed by atoms with Crippen molar-refractivity contribution in [1.82, 2.24) is 4.98 Å². The van der Waals surface area contributed by atoms with Gasteiger partial charge in [-0.2, -0.15) is 0 Å². The van der Waals surface area contributed by atoms with Gasteiger partial charge >= 0.3 is 0 Å². The first-order chi connectivity index (χ1) is 13.6. The summed E-state index contributed by atoms with van der Waals surface area (Å²) in [6.45, 7) is 4.02. The van der Waals surface area contributed by atoms with Crippen LogP contribution in [0, 0.1) is 13.8 Å². The lowest BCUT2D eigenvalue weighted by molar-refractivity contribution is 0.104. The molecular weight excluding hydrogens is 346 g/mol. The van der Waals surface area contributed by atoms with Crippen LogP contribution in [-0.2, 0) is 0 Å². The first-order valence-corrected chi connectivity index (χ1v) is 9.23. The number of fused-ring (bicyclic) bond motifs is 1. The van der Waals surface area contributed by atoms with E-state index in [9.17, 15) is 4.79 Å². The lowest BCUT2D eigenvalue weighted by Gasteiger charge is -2.14. The molecule has 0 bridgehead atoms. The SMILES string of the molecule is COc1ccc(-c2ccc3c(C)cc(C)nc3c2C(=O)c2ccccc2)cc1. The van der Waals surface area contributed by atoms with Crippen LogP contribution in [0.5, 0.6) is 5.75 Å². The molecule has 28 heavy (non-hydrogen) atoms. The van der Waals surface area contributed by atoms with Gasteiger partial charge in [-0.25, -0.2) is 0 Å². The Morgan fingerprint density at radius 1 is 0.893 bits per heavy atom. The zero-order chi connectivity index (χ0) is 19.7. The van der Waals surface area contributed by atoms with E-state index in [1.807, 2.05) is 73.7 Å². The van der Waals surface area contributed by atoms with E-state index in [-0.39, 0.29) is 5.78 Å². The van der Waals surface area contributed by atoms with Gasteiger partial charge in [0.25, 0.3) is 0 Å². The monoisotopic (exact) mass is 367 g/mol. The Labute approximate surface area is 164 Å². The smallest absolute Gasteiger partial charge is 0.195 e. The van der Waals surface area contributed by atoms with Gasteiger partial charge in [0.15, 0.2) is 5.78 Å². The van der Waals surface area contributed by atoms with Gasteiger partial charge < -0.3 is 4.74 Å². The average Bonchev–Trinajstić information content (AvgIpc) is 2.73. The Morgan fingerprint density at radius 3 is 2.29 bits per heavy atom. The third kappa shape index (κ3) is 3.16. The van der Waals surface area contributed by atoms with E-state index < -0.39 is 0 Å². The average molecular weight is 367 g/mol. The second-order valence-corrected chi connectivity index (χ2v) is 6.89. The van der Waals surface area contributed by atoms with Crippen molar-refractivity contribution in [3.05, 3.63) is 95.2 Å². The van der Waals surface area contributed by atoms with Crippen LogP contribution in [0.4, 0.5) is 0 Å². The van der Waals surface area contributed by atoms with Crippen molar-refractivity contribution in [2.75, 3.05) is 7.11 Å². The second kappa shape index (κ2) is 7.28. The van der Waals surface area contributed by atoms with E-state index in [2.05, 4.69) is 13.0 Å². The van der Waals surface area contributed by atoms with Crippen molar-refractivity contribution in [3.63, 3.8) is 0 Å². The molecular formula is C25H21NO2. The predicted molar refractivity (Wildman–Crippen MR) is 113 cm³/mol. The molecule has 0 N–H and O–H groups in total. The number of rotatable bonds is 4. The zero-order valence-electron chi connectivity index (χ0n) is 16.2. The summed E-state index contributed by atoms with van der Waals surface area (Å²) < 4.78 is 5.27. The Morgan fingerprint density at radius 2 is 1.61 bits per heavy atom. The van der Waals surface area contributed by atoms with Gasteiger partial charge in [-0.05, 0) is 48.7 Å². The fourth-order valence-electron chi connectivity index (χ4n) is 3.60. The van der Waals surface area contributed by atoms with Crippen molar-refractivity contribution in [3.8, 4) is 16.9 Å². The molecule has 0 spiro atoms. The summed E-state index contributed by atoms with van der Waals surface area (Å²) in [5.41, 5.74) is 5.90. The highest BCUT2D eigenvalue weighted by molar-refractivity contribution is 6.19. The normalized spacial score (nSPS) is 10.8. The molecule has 0 radical (unpaired) electrons. The summed E-state index contributed by atoms with van der Waals surface area (Å²) >= 11 is 0. The van der Waals surface area contributed by atoms with E-state index in [0.29, 0.717) is 11.1 Å². The second-order valence-electron chi connectivity index (χ2n) is 6.89. The minimum atomic E-state index is -0.0190. The number of pyridine rings is 1. The van der Waals surface area contributed by atoms with E-state index in [0.717, 1.165) is 39.0 Å². The number of aromatic nitrogens is 1. The molecule has 0 aliphatic carbocycles. The molecule has 1 heterocycles. The molecule has 3 heteroatoms. The van der Waals surface area contributed by atoms with Crippen molar-refractivity contribution in [1.29, 1.82) is 0 Å². The van der Waals surface area contributed by atoms with Crippen molar-refractivity contribution >= 4 is 16.7 Å². The Hall–Kier alpha value is -3.46. The standard InChI is InChI=1S/C25H21NO2/c1-16-15-17(2)26-24-21(16)13-14-22(18-9-11-20(28-3)12-10-18)23(24)25(27)19-7-5-4-6-8-19/h4-15H,1-3H3.